The minimum atomic E-state index is -1.59. The molecule has 12 rings (SSSR count). The summed E-state index contributed by atoms with van der Waals surface area (Å²) in [6.07, 6.45) is 15.1. The summed E-state index contributed by atoms with van der Waals surface area (Å²) in [5.74, 6) is 1.01. The number of rotatable bonds is 8. The van der Waals surface area contributed by atoms with Crippen LogP contribution in [0, 0.1) is 0 Å². The van der Waals surface area contributed by atoms with Crippen molar-refractivity contribution in [2.75, 3.05) is 7.11 Å². The number of pyridine rings is 1. The Morgan fingerprint density at radius 1 is 0.932 bits per heavy atom. The third kappa shape index (κ3) is 5.46. The number of hydrogen-bond acceptors (Lipinski definition) is 9. The maximum Gasteiger partial charge on any atom is 0.264 e. The minimum absolute atomic E-state index is 0.00395. The van der Waals surface area contributed by atoms with Crippen LogP contribution in [-0.2, 0) is 31.7 Å². The summed E-state index contributed by atoms with van der Waals surface area (Å²) in [6, 6.07) is 17.6. The van der Waals surface area contributed by atoms with E-state index < -0.39 is 5.67 Å². The Kier molecular flexibility index (Phi) is 7.27. The van der Waals surface area contributed by atoms with E-state index in [2.05, 4.69) is 45.8 Å². The smallest absolute Gasteiger partial charge is 0.264 e. The van der Waals surface area contributed by atoms with Crippen molar-refractivity contribution < 1.29 is 18.2 Å². The molecule has 0 saturated heterocycles. The third-order valence-electron chi connectivity index (χ3n) is 11.4. The van der Waals surface area contributed by atoms with Crippen molar-refractivity contribution in [3.05, 3.63) is 137 Å². The highest BCUT2D eigenvalue weighted by molar-refractivity contribution is 6.31. The van der Waals surface area contributed by atoms with Crippen LogP contribution in [0.15, 0.2) is 103 Å². The van der Waals surface area contributed by atoms with Crippen molar-refractivity contribution in [1.29, 1.82) is 0 Å². The van der Waals surface area contributed by atoms with Gasteiger partial charge in [-0.1, -0.05) is 22.8 Å². The second-order valence-corrected chi connectivity index (χ2v) is 15.6. The van der Waals surface area contributed by atoms with Crippen molar-refractivity contribution in [2.24, 2.45) is 0 Å². The summed E-state index contributed by atoms with van der Waals surface area (Å²) in [7, 11) is 1.65. The van der Waals surface area contributed by atoms with Gasteiger partial charge in [0.05, 0.1) is 65.8 Å². The van der Waals surface area contributed by atoms with Crippen LogP contribution in [0.25, 0.3) is 56.7 Å². The molecule has 2 aliphatic heterocycles. The Hall–Kier alpha value is -7.20. The minimum Gasteiger partial charge on any atom is -0.497 e. The molecule has 2 aromatic carbocycles. The van der Waals surface area contributed by atoms with Crippen molar-refractivity contribution in [1.82, 2.24) is 59.0 Å². The van der Waals surface area contributed by atoms with Gasteiger partial charge in [-0.2, -0.15) is 24.8 Å². The molecule has 0 bridgehead atoms. The van der Waals surface area contributed by atoms with Gasteiger partial charge in [0, 0.05) is 58.7 Å². The number of H-pyrrole nitrogens is 1. The highest BCUT2D eigenvalue weighted by atomic mass is 35.5. The highest BCUT2D eigenvalue weighted by Gasteiger charge is 2.51. The standard InChI is InChI=1S/C42H32ClFN13O2/c1-58-29-6-8-33-31(15-29)36-24(16-47-50-36)12-35-39(40-49-41(59-52-40)42(44)9-10-42)53(23-57(33)35)22-55-18-25-13-34-38(26-17-48-54(19-26)20-28-4-2-3-11-45-28)46-21-56(34)32-7-5-27(43)14-30(32)37(25)51-55/h2-8,11,14-19,21,23H,9-10,12-13,20,22H2,1H3,(H,47,50)/q+1. The molecule has 7 aromatic heterocycles. The van der Waals surface area contributed by atoms with Gasteiger partial charge >= 0.3 is 0 Å². The summed E-state index contributed by atoms with van der Waals surface area (Å²) in [6.45, 7) is 0.820. The molecular weight excluding hydrogens is 773 g/mol. The molecule has 0 spiro atoms. The largest absolute Gasteiger partial charge is 0.497 e. The lowest BCUT2D eigenvalue weighted by molar-refractivity contribution is -0.691. The third-order valence-corrected chi connectivity index (χ3v) is 11.6. The summed E-state index contributed by atoms with van der Waals surface area (Å²) < 4.78 is 36.6. The lowest BCUT2D eigenvalue weighted by Crippen LogP contribution is -2.38. The molecule has 3 aliphatic rings. The SMILES string of the molecule is COc1ccc2c(c1)-c1[nH]ncc1Cc1c(-c3noc(C4(F)CC4)n3)[n+](Cn3cc4c(n3)-c3cc(Cl)ccc3-n3cnc(-c5cnn(Cc6ccccn6)c5)c3C4)cn1-2. The summed E-state index contributed by atoms with van der Waals surface area (Å²) in [4.78, 5) is 14.0. The lowest BCUT2D eigenvalue weighted by atomic mass is 10.0. The quantitative estimate of drug-likeness (QED) is 0.170. The molecule has 1 N–H and O–H groups in total. The van der Waals surface area contributed by atoms with E-state index in [1.807, 2.05) is 99.8 Å². The topological polar surface area (TPSA) is 152 Å². The number of aromatic nitrogens is 13. The normalized spacial score (nSPS) is 14.4. The van der Waals surface area contributed by atoms with Gasteiger partial charge in [0.2, 0.25) is 11.5 Å². The Labute approximate surface area is 339 Å². The Balaban J connectivity index is 0.973. The molecule has 0 unspecified atom stereocenters. The van der Waals surface area contributed by atoms with Crippen molar-refractivity contribution in [3.8, 4) is 62.4 Å². The van der Waals surface area contributed by atoms with Crippen molar-refractivity contribution >= 4 is 11.6 Å². The highest BCUT2D eigenvalue weighted by Crippen LogP contribution is 2.49. The van der Waals surface area contributed by atoms with E-state index in [0.29, 0.717) is 48.8 Å². The first-order valence-electron chi connectivity index (χ1n) is 19.1. The number of halogens is 2. The van der Waals surface area contributed by atoms with E-state index in [4.69, 9.17) is 30.9 Å². The van der Waals surface area contributed by atoms with Gasteiger partial charge in [-0.3, -0.25) is 14.8 Å². The van der Waals surface area contributed by atoms with E-state index >= 15 is 4.39 Å². The number of nitrogens with one attached hydrogen (secondary N) is 1. The van der Waals surface area contributed by atoms with E-state index in [1.165, 1.54) is 0 Å². The maximum absolute atomic E-state index is 15.3. The molecule has 290 valence electrons. The van der Waals surface area contributed by atoms with E-state index in [1.54, 1.807) is 13.3 Å². The monoisotopic (exact) mass is 804 g/mol. The van der Waals surface area contributed by atoms with Gasteiger partial charge in [0.1, 0.15) is 17.8 Å². The van der Waals surface area contributed by atoms with E-state index in [-0.39, 0.29) is 12.6 Å². The van der Waals surface area contributed by atoms with Crippen LogP contribution >= 0.6 is 11.6 Å². The molecule has 1 aliphatic carbocycles. The first-order chi connectivity index (χ1) is 28.9. The van der Waals surface area contributed by atoms with Gasteiger partial charge in [0.15, 0.2) is 18.0 Å². The van der Waals surface area contributed by atoms with Crippen LogP contribution in [0.5, 0.6) is 5.75 Å². The first-order valence-corrected chi connectivity index (χ1v) is 19.5. The van der Waals surface area contributed by atoms with Crippen LogP contribution in [-0.4, -0.2) is 66.1 Å². The fourth-order valence-corrected chi connectivity index (χ4v) is 8.55. The summed E-state index contributed by atoms with van der Waals surface area (Å²) in [5.41, 5.74) is 10.9. The van der Waals surface area contributed by atoms with Gasteiger partial charge in [-0.05, 0) is 61.4 Å². The molecule has 0 atom stereocenters. The van der Waals surface area contributed by atoms with Crippen LogP contribution in [0.3, 0.4) is 0 Å². The zero-order chi connectivity index (χ0) is 39.4. The number of benzene rings is 2. The molecular formula is C42H32ClFN13O2+. The second-order valence-electron chi connectivity index (χ2n) is 15.1. The molecule has 0 radical (unpaired) electrons. The number of hydrogen-bond donors (Lipinski definition) is 1. The first kappa shape index (κ1) is 33.9. The Bertz CT molecular complexity index is 3110. The van der Waals surface area contributed by atoms with Crippen LogP contribution in [0.4, 0.5) is 4.39 Å². The lowest BCUT2D eigenvalue weighted by Gasteiger charge is -2.10. The van der Waals surface area contributed by atoms with Crippen molar-refractivity contribution in [2.45, 2.75) is 44.6 Å². The number of fused-ring (bicyclic) bond motifs is 10. The van der Waals surface area contributed by atoms with E-state index in [0.717, 1.165) is 79.1 Å². The number of aromatic amines is 1. The molecule has 1 fully saturated rings. The number of methoxy groups -OCH3 is 1. The molecule has 17 heteroatoms. The van der Waals surface area contributed by atoms with Gasteiger partial charge in [-0.25, -0.2) is 18.6 Å². The molecule has 59 heavy (non-hydrogen) atoms. The zero-order valence-electron chi connectivity index (χ0n) is 31.4. The number of nitrogens with zero attached hydrogens (tertiary/aromatic N) is 12. The second kappa shape index (κ2) is 12.6. The molecule has 9 heterocycles. The number of alkyl halides is 1. The fraction of sp³-hybridized carbons (Fsp3) is 0.190. The van der Waals surface area contributed by atoms with Crippen LogP contribution in [0.2, 0.25) is 5.02 Å². The molecule has 0 amide bonds. The van der Waals surface area contributed by atoms with Gasteiger partial charge in [0.25, 0.3) is 12.2 Å². The Morgan fingerprint density at radius 2 is 1.81 bits per heavy atom. The zero-order valence-corrected chi connectivity index (χ0v) is 32.2. The number of imidazole rings is 2. The average molecular weight is 805 g/mol. The predicted octanol–water partition coefficient (Wildman–Crippen LogP) is 6.50. The van der Waals surface area contributed by atoms with Gasteiger partial charge < -0.3 is 13.8 Å². The molecule has 15 nitrogen and oxygen atoms in total. The van der Waals surface area contributed by atoms with Crippen LogP contribution in [0.1, 0.15) is 46.9 Å². The Morgan fingerprint density at radius 3 is 2.68 bits per heavy atom. The molecule has 1 saturated carbocycles. The van der Waals surface area contributed by atoms with Crippen molar-refractivity contribution in [3.63, 3.8) is 0 Å². The average Bonchev–Trinajstić information content (AvgIpc) is 3.95. The summed E-state index contributed by atoms with van der Waals surface area (Å²) >= 11 is 6.67. The number of ether oxygens (including phenoxy) is 1. The van der Waals surface area contributed by atoms with E-state index in [9.17, 15) is 0 Å². The fourth-order valence-electron chi connectivity index (χ4n) is 8.38. The summed E-state index contributed by atoms with van der Waals surface area (Å²) in [5, 5.41) is 22.4. The predicted molar refractivity (Wildman–Crippen MR) is 211 cm³/mol. The van der Waals surface area contributed by atoms with Crippen LogP contribution < -0.4 is 9.30 Å². The maximum atomic E-state index is 15.3. The van der Waals surface area contributed by atoms with Gasteiger partial charge in [-0.15, -0.1) is 0 Å². The molecule has 9 aromatic rings.